The van der Waals surface area contributed by atoms with Gasteiger partial charge in [0.05, 0.1) is 4.90 Å². The third kappa shape index (κ3) is 6.14. The van der Waals surface area contributed by atoms with Crippen LogP contribution in [0.2, 0.25) is 0 Å². The van der Waals surface area contributed by atoms with Crippen molar-refractivity contribution in [3.63, 3.8) is 0 Å². The number of hydrogen-bond donors (Lipinski definition) is 0. The molecule has 3 aromatic carbocycles. The zero-order chi connectivity index (χ0) is 20.0. The molecule has 1 saturated heterocycles. The van der Waals surface area contributed by atoms with E-state index in [4.69, 9.17) is 0 Å². The van der Waals surface area contributed by atoms with Gasteiger partial charge in [-0.05, 0) is 18.2 Å². The molecule has 154 valence electrons. The predicted molar refractivity (Wildman–Crippen MR) is 113 cm³/mol. The van der Waals surface area contributed by atoms with Gasteiger partial charge >= 0.3 is 17.1 Å². The zero-order valence-corrected chi connectivity index (χ0v) is 19.1. The molecule has 0 radical (unpaired) electrons. The Morgan fingerprint density at radius 3 is 2.10 bits per heavy atom. The van der Waals surface area contributed by atoms with Gasteiger partial charge in [0.15, 0.2) is 5.91 Å². The molecule has 1 amide bonds. The summed E-state index contributed by atoms with van der Waals surface area (Å²) < 4.78 is 27.5. The molecule has 1 fully saturated rings. The van der Waals surface area contributed by atoms with E-state index in [2.05, 4.69) is 15.9 Å². The third-order valence-electron chi connectivity index (χ3n) is 4.42. The Labute approximate surface area is 190 Å². The number of rotatable bonds is 3. The van der Waals surface area contributed by atoms with Gasteiger partial charge in [0.1, 0.15) is 0 Å². The number of sulfonamides is 1. The molecule has 0 atom stereocenters. The Bertz CT molecular complexity index is 964. The van der Waals surface area contributed by atoms with E-state index in [-0.39, 0.29) is 27.9 Å². The fourth-order valence-electron chi connectivity index (χ4n) is 2.93. The fraction of sp³-hybridized carbons (Fsp3) is 0.190. The van der Waals surface area contributed by atoms with Crippen LogP contribution < -0.4 is 0 Å². The van der Waals surface area contributed by atoms with Crippen LogP contribution in [0.1, 0.15) is 10.4 Å². The number of piperazine rings is 1. The van der Waals surface area contributed by atoms with Gasteiger partial charge in [-0.3, -0.25) is 4.79 Å². The average Bonchev–Trinajstić information content (AvgIpc) is 3.44. The van der Waals surface area contributed by atoms with Crippen molar-refractivity contribution in [3.8, 4) is 0 Å². The first-order chi connectivity index (χ1) is 13.5. The smallest absolute Gasteiger partial charge is 0.346 e. The molecule has 0 spiro atoms. The Morgan fingerprint density at radius 1 is 0.966 bits per heavy atom. The second-order valence-electron chi connectivity index (χ2n) is 6.29. The molecule has 8 heteroatoms. The Morgan fingerprint density at radius 2 is 1.59 bits per heavy atom. The van der Waals surface area contributed by atoms with Gasteiger partial charge in [0.2, 0.25) is 10.0 Å². The van der Waals surface area contributed by atoms with E-state index >= 15 is 0 Å². The normalized spacial score (nSPS) is 14.4. The van der Waals surface area contributed by atoms with E-state index in [1.807, 2.05) is 42.5 Å². The maximum atomic E-state index is 12.6. The number of amides is 1. The van der Waals surface area contributed by atoms with Gasteiger partial charge in [-0.1, -0.05) is 27.6 Å². The van der Waals surface area contributed by atoms with Crippen LogP contribution >= 0.6 is 15.9 Å². The summed E-state index contributed by atoms with van der Waals surface area (Å²) in [4.78, 5) is 14.2. The van der Waals surface area contributed by atoms with Crippen molar-refractivity contribution < 1.29 is 30.3 Å². The quantitative estimate of drug-likeness (QED) is 0.394. The topological polar surface area (TPSA) is 57.7 Å². The standard InChI is InChI=1S/C16H16BrN2O3S.C5H5.Fe/c17-14-6-3-7-15(12-14)23(21,22)19-10-8-18(9-11-19)16(20)13-4-1-2-5-13;1-2-4-5-3-1;/h1-7,12H,8-11H2;1-5H;/q2*-1;+2. The first kappa shape index (κ1) is 23.6. The van der Waals surface area contributed by atoms with Gasteiger partial charge in [-0.15, -0.1) is 0 Å². The Balaban J connectivity index is 0.000000437. The fourth-order valence-corrected chi connectivity index (χ4v) is 4.95. The SMILES string of the molecule is O=C([c-]1cccc1)N1CCN(S(=O)(=O)c2cccc(Br)c2)CC1.[Fe+2].c1cc[cH-]c1. The second kappa shape index (κ2) is 10.9. The molecular weight excluding hydrogens is 496 g/mol. The zero-order valence-electron chi connectivity index (χ0n) is 15.6. The monoisotopic (exact) mass is 516 g/mol. The first-order valence-corrected chi connectivity index (χ1v) is 11.2. The molecular formula is C21H21BrFeN2O3S. The number of carbonyl (C=O) groups is 1. The van der Waals surface area contributed by atoms with Gasteiger partial charge in [-0.2, -0.15) is 34.6 Å². The number of carbonyl (C=O) groups excluding carboxylic acids is 1. The molecule has 0 N–H and O–H groups in total. The average molecular weight is 517 g/mol. The maximum absolute atomic E-state index is 12.6. The van der Waals surface area contributed by atoms with Crippen molar-refractivity contribution in [1.29, 1.82) is 0 Å². The molecule has 5 nitrogen and oxygen atoms in total. The number of hydrogen-bond acceptors (Lipinski definition) is 3. The minimum atomic E-state index is -3.52. The van der Waals surface area contributed by atoms with Crippen molar-refractivity contribution in [1.82, 2.24) is 9.21 Å². The molecule has 0 aromatic heterocycles. The van der Waals surface area contributed by atoms with Crippen LogP contribution in [-0.2, 0) is 27.1 Å². The summed E-state index contributed by atoms with van der Waals surface area (Å²) in [6, 6.07) is 23.8. The Hall–Kier alpha value is -1.70. The minimum Gasteiger partial charge on any atom is -0.346 e. The van der Waals surface area contributed by atoms with E-state index < -0.39 is 10.0 Å². The van der Waals surface area contributed by atoms with Crippen molar-refractivity contribution in [2.24, 2.45) is 0 Å². The molecule has 4 rings (SSSR count). The summed E-state index contributed by atoms with van der Waals surface area (Å²) in [7, 11) is -3.52. The largest absolute Gasteiger partial charge is 2.00 e. The van der Waals surface area contributed by atoms with Crippen molar-refractivity contribution in [3.05, 3.63) is 88.9 Å². The molecule has 1 aliphatic rings. The van der Waals surface area contributed by atoms with Crippen molar-refractivity contribution >= 4 is 31.9 Å². The molecule has 0 unspecified atom stereocenters. The first-order valence-electron chi connectivity index (χ1n) is 8.92. The summed E-state index contributed by atoms with van der Waals surface area (Å²) in [5.41, 5.74) is 0.647. The summed E-state index contributed by atoms with van der Waals surface area (Å²) in [5, 5.41) is 0. The van der Waals surface area contributed by atoms with E-state index in [1.165, 1.54) is 4.31 Å². The minimum absolute atomic E-state index is 0. The molecule has 0 aliphatic carbocycles. The second-order valence-corrected chi connectivity index (χ2v) is 9.14. The molecule has 0 bridgehead atoms. The Kier molecular flexibility index (Phi) is 8.86. The molecule has 0 saturated carbocycles. The molecule has 29 heavy (non-hydrogen) atoms. The van der Waals surface area contributed by atoms with E-state index in [9.17, 15) is 13.2 Å². The van der Waals surface area contributed by atoms with E-state index in [0.29, 0.717) is 31.7 Å². The van der Waals surface area contributed by atoms with Crippen molar-refractivity contribution in [2.75, 3.05) is 26.2 Å². The van der Waals surface area contributed by atoms with Gasteiger partial charge < -0.3 is 4.90 Å². The molecule has 3 aromatic rings. The van der Waals surface area contributed by atoms with Crippen LogP contribution in [-0.4, -0.2) is 49.7 Å². The summed E-state index contributed by atoms with van der Waals surface area (Å²) in [6.45, 7) is 1.41. The predicted octanol–water partition coefficient (Wildman–Crippen LogP) is 3.72. The number of halogens is 1. The van der Waals surface area contributed by atoms with Crippen LogP contribution in [0.3, 0.4) is 0 Å². The van der Waals surface area contributed by atoms with Gasteiger partial charge in [-0.25, -0.2) is 32.7 Å². The van der Waals surface area contributed by atoms with Crippen LogP contribution in [0.15, 0.2) is 88.2 Å². The number of benzene rings is 1. The molecule has 1 heterocycles. The number of nitrogens with zero attached hydrogens (tertiary/aromatic N) is 2. The van der Waals surface area contributed by atoms with E-state index in [0.717, 1.165) is 4.47 Å². The summed E-state index contributed by atoms with van der Waals surface area (Å²) in [6.07, 6.45) is 0. The third-order valence-corrected chi connectivity index (χ3v) is 6.81. The van der Waals surface area contributed by atoms with Gasteiger partial charge in [0.25, 0.3) is 0 Å². The van der Waals surface area contributed by atoms with Gasteiger partial charge in [0, 0.05) is 30.7 Å². The maximum Gasteiger partial charge on any atom is 2.00 e. The summed E-state index contributed by atoms with van der Waals surface area (Å²) in [5.74, 6) is -0.0468. The van der Waals surface area contributed by atoms with Crippen LogP contribution in [0.25, 0.3) is 0 Å². The summed E-state index contributed by atoms with van der Waals surface area (Å²) >= 11 is 3.29. The van der Waals surface area contributed by atoms with Crippen LogP contribution in [0, 0.1) is 0 Å². The molecule has 1 aliphatic heterocycles. The van der Waals surface area contributed by atoms with Crippen LogP contribution in [0.4, 0.5) is 0 Å². The van der Waals surface area contributed by atoms with E-state index in [1.54, 1.807) is 41.3 Å². The van der Waals surface area contributed by atoms with Crippen LogP contribution in [0.5, 0.6) is 0 Å². The van der Waals surface area contributed by atoms with Crippen molar-refractivity contribution in [2.45, 2.75) is 4.90 Å².